The molecule has 20 heavy (non-hydrogen) atoms. The van der Waals surface area contributed by atoms with E-state index < -0.39 is 20.6 Å². The number of sulfonamides is 1. The Labute approximate surface area is 121 Å². The molecule has 2 rings (SSSR count). The molecule has 0 spiro atoms. The van der Waals surface area contributed by atoms with Crippen molar-refractivity contribution in [3.05, 3.63) is 33.3 Å². The van der Waals surface area contributed by atoms with Crippen LogP contribution in [-0.2, 0) is 10.0 Å². The smallest absolute Gasteiger partial charge is 0.290 e. The summed E-state index contributed by atoms with van der Waals surface area (Å²) in [5.41, 5.74) is -0.515. The molecule has 0 aromatic heterocycles. The Kier molecular flexibility index (Phi) is 4.59. The summed E-state index contributed by atoms with van der Waals surface area (Å²) in [6.45, 7) is 1.44. The summed E-state index contributed by atoms with van der Waals surface area (Å²) in [5, 5.41) is 14.2. The fourth-order valence-corrected chi connectivity index (χ4v) is 3.71. The number of piperidine rings is 1. The van der Waals surface area contributed by atoms with Gasteiger partial charge in [-0.05, 0) is 38.1 Å². The molecule has 1 aromatic rings. The SMILES string of the molecule is O=[N+]([O-])c1cc(Cl)ccc1S(=O)(=O)NC1CCNCC1. The second-order valence-corrected chi connectivity index (χ2v) is 6.63. The van der Waals surface area contributed by atoms with Crippen LogP contribution in [0.25, 0.3) is 0 Å². The minimum atomic E-state index is -3.93. The molecule has 7 nitrogen and oxygen atoms in total. The molecule has 0 aliphatic carbocycles. The van der Waals surface area contributed by atoms with Gasteiger partial charge in [-0.25, -0.2) is 13.1 Å². The molecule has 1 heterocycles. The first-order valence-corrected chi connectivity index (χ1v) is 7.93. The number of hydrogen-bond donors (Lipinski definition) is 2. The largest absolute Gasteiger partial charge is 0.317 e. The van der Waals surface area contributed by atoms with Gasteiger partial charge < -0.3 is 5.32 Å². The molecule has 1 fully saturated rings. The van der Waals surface area contributed by atoms with Gasteiger partial charge in [-0.15, -0.1) is 0 Å². The van der Waals surface area contributed by atoms with Gasteiger partial charge in [-0.3, -0.25) is 10.1 Å². The second-order valence-electron chi connectivity index (χ2n) is 4.51. The number of halogens is 1. The summed E-state index contributed by atoms with van der Waals surface area (Å²) in [6.07, 6.45) is 1.31. The average Bonchev–Trinajstić information content (AvgIpc) is 2.38. The highest BCUT2D eigenvalue weighted by Gasteiger charge is 2.28. The highest BCUT2D eigenvalue weighted by molar-refractivity contribution is 7.89. The Morgan fingerprint density at radius 1 is 1.35 bits per heavy atom. The summed E-state index contributed by atoms with van der Waals surface area (Å²) in [6, 6.07) is 3.31. The summed E-state index contributed by atoms with van der Waals surface area (Å²) < 4.78 is 27.0. The van der Waals surface area contributed by atoms with Crippen LogP contribution in [0.3, 0.4) is 0 Å². The molecule has 0 bridgehead atoms. The zero-order valence-electron chi connectivity index (χ0n) is 10.5. The van der Waals surface area contributed by atoms with Crippen molar-refractivity contribution in [2.75, 3.05) is 13.1 Å². The van der Waals surface area contributed by atoms with Gasteiger partial charge in [0.2, 0.25) is 10.0 Å². The highest BCUT2D eigenvalue weighted by Crippen LogP contribution is 2.27. The van der Waals surface area contributed by atoms with Crippen LogP contribution in [0.5, 0.6) is 0 Å². The number of hydrogen-bond acceptors (Lipinski definition) is 5. The molecular weight excluding hydrogens is 306 g/mol. The Morgan fingerprint density at radius 2 is 2.00 bits per heavy atom. The van der Waals surface area contributed by atoms with Crippen LogP contribution in [0.15, 0.2) is 23.1 Å². The third-order valence-electron chi connectivity index (χ3n) is 3.07. The molecule has 1 aliphatic rings. The van der Waals surface area contributed by atoms with Crippen molar-refractivity contribution < 1.29 is 13.3 Å². The van der Waals surface area contributed by atoms with Gasteiger partial charge in [0.05, 0.1) is 4.92 Å². The van der Waals surface area contributed by atoms with E-state index in [-0.39, 0.29) is 16.0 Å². The van der Waals surface area contributed by atoms with Crippen LogP contribution in [-0.4, -0.2) is 32.5 Å². The van der Waals surface area contributed by atoms with Gasteiger partial charge in [0.15, 0.2) is 4.90 Å². The minimum Gasteiger partial charge on any atom is -0.317 e. The van der Waals surface area contributed by atoms with Crippen LogP contribution in [0.4, 0.5) is 5.69 Å². The molecule has 1 aromatic carbocycles. The maximum atomic E-state index is 12.3. The first kappa shape index (κ1) is 15.2. The van der Waals surface area contributed by atoms with Crippen LogP contribution in [0.2, 0.25) is 5.02 Å². The molecule has 1 aliphatic heterocycles. The second kappa shape index (κ2) is 6.04. The maximum absolute atomic E-state index is 12.3. The van der Waals surface area contributed by atoms with Crippen molar-refractivity contribution in [2.45, 2.75) is 23.8 Å². The Balaban J connectivity index is 2.31. The van der Waals surface area contributed by atoms with Crippen molar-refractivity contribution >= 4 is 27.3 Å². The van der Waals surface area contributed by atoms with E-state index >= 15 is 0 Å². The summed E-state index contributed by atoms with van der Waals surface area (Å²) in [5.74, 6) is 0. The molecule has 0 saturated carbocycles. The van der Waals surface area contributed by atoms with E-state index in [2.05, 4.69) is 10.0 Å². The van der Waals surface area contributed by atoms with Gasteiger partial charge in [-0.2, -0.15) is 0 Å². The van der Waals surface area contributed by atoms with Crippen molar-refractivity contribution in [2.24, 2.45) is 0 Å². The third kappa shape index (κ3) is 3.45. The number of rotatable bonds is 4. The van der Waals surface area contributed by atoms with E-state index in [1.54, 1.807) is 0 Å². The molecule has 110 valence electrons. The monoisotopic (exact) mass is 319 g/mol. The van der Waals surface area contributed by atoms with E-state index in [4.69, 9.17) is 11.6 Å². The summed E-state index contributed by atoms with van der Waals surface area (Å²) >= 11 is 5.67. The minimum absolute atomic E-state index is 0.123. The lowest BCUT2D eigenvalue weighted by Crippen LogP contribution is -2.42. The van der Waals surface area contributed by atoms with E-state index in [1.807, 2.05) is 0 Å². The van der Waals surface area contributed by atoms with Gasteiger partial charge in [0.25, 0.3) is 5.69 Å². The van der Waals surface area contributed by atoms with Crippen LogP contribution in [0.1, 0.15) is 12.8 Å². The van der Waals surface area contributed by atoms with E-state index in [0.29, 0.717) is 12.8 Å². The van der Waals surface area contributed by atoms with Crippen molar-refractivity contribution in [3.63, 3.8) is 0 Å². The fraction of sp³-hybridized carbons (Fsp3) is 0.455. The molecule has 1 saturated heterocycles. The highest BCUT2D eigenvalue weighted by atomic mass is 35.5. The quantitative estimate of drug-likeness (QED) is 0.643. The van der Waals surface area contributed by atoms with E-state index in [0.717, 1.165) is 25.2 Å². The van der Waals surface area contributed by atoms with Gasteiger partial charge >= 0.3 is 0 Å². The molecule has 0 unspecified atom stereocenters. The van der Waals surface area contributed by atoms with E-state index in [1.165, 1.54) is 6.07 Å². The zero-order chi connectivity index (χ0) is 14.8. The number of nitrogens with one attached hydrogen (secondary N) is 2. The van der Waals surface area contributed by atoms with Crippen molar-refractivity contribution in [1.82, 2.24) is 10.0 Å². The average molecular weight is 320 g/mol. The number of nitro benzene ring substituents is 1. The Morgan fingerprint density at radius 3 is 2.60 bits per heavy atom. The molecule has 0 amide bonds. The fourth-order valence-electron chi connectivity index (χ4n) is 2.08. The Bertz CT molecular complexity index is 614. The van der Waals surface area contributed by atoms with Gasteiger partial charge in [-0.1, -0.05) is 11.6 Å². The molecule has 0 radical (unpaired) electrons. The molecular formula is C11H14ClN3O4S. The van der Waals surface area contributed by atoms with E-state index in [9.17, 15) is 18.5 Å². The lowest BCUT2D eigenvalue weighted by molar-refractivity contribution is -0.387. The first-order valence-electron chi connectivity index (χ1n) is 6.07. The maximum Gasteiger partial charge on any atom is 0.290 e. The number of benzene rings is 1. The normalized spacial score (nSPS) is 17.1. The lowest BCUT2D eigenvalue weighted by Gasteiger charge is -2.23. The lowest BCUT2D eigenvalue weighted by atomic mass is 10.1. The molecule has 2 N–H and O–H groups in total. The number of nitro groups is 1. The summed E-state index contributed by atoms with van der Waals surface area (Å²) in [7, 11) is -3.93. The van der Waals surface area contributed by atoms with Crippen molar-refractivity contribution in [1.29, 1.82) is 0 Å². The standard InChI is InChI=1S/C11H14ClN3O4S/c12-8-1-2-11(10(7-8)15(16)17)20(18,19)14-9-3-5-13-6-4-9/h1-2,7,9,13-14H,3-6H2. The predicted molar refractivity (Wildman–Crippen MR) is 74.3 cm³/mol. The zero-order valence-corrected chi connectivity index (χ0v) is 12.1. The predicted octanol–water partition coefficient (Wildman–Crippen LogP) is 1.28. The topological polar surface area (TPSA) is 101 Å². The first-order chi connectivity index (χ1) is 9.40. The molecule has 9 heteroatoms. The van der Waals surface area contributed by atoms with Crippen LogP contribution >= 0.6 is 11.6 Å². The van der Waals surface area contributed by atoms with Crippen molar-refractivity contribution in [3.8, 4) is 0 Å². The summed E-state index contributed by atoms with van der Waals surface area (Å²) in [4.78, 5) is 9.85. The molecule has 0 atom stereocenters. The Hall–Kier alpha value is -1.22. The third-order valence-corrected chi connectivity index (χ3v) is 4.87. The van der Waals surface area contributed by atoms with Gasteiger partial charge in [0, 0.05) is 17.1 Å². The van der Waals surface area contributed by atoms with Crippen LogP contribution < -0.4 is 10.0 Å². The van der Waals surface area contributed by atoms with Crippen LogP contribution in [0, 0.1) is 10.1 Å². The van der Waals surface area contributed by atoms with Gasteiger partial charge in [0.1, 0.15) is 0 Å². The number of nitrogens with zero attached hydrogens (tertiary/aromatic N) is 1.